The summed E-state index contributed by atoms with van der Waals surface area (Å²) in [5, 5.41) is 4.75. The van der Waals surface area contributed by atoms with Crippen LogP contribution in [0.15, 0.2) is 22.1 Å². The van der Waals surface area contributed by atoms with Gasteiger partial charge in [0.1, 0.15) is 5.76 Å². The summed E-state index contributed by atoms with van der Waals surface area (Å²) < 4.78 is 5.04. The molecule has 2 aromatic rings. The van der Waals surface area contributed by atoms with E-state index in [9.17, 15) is 9.59 Å². The minimum Gasteiger partial charge on any atom is -0.469 e. The Morgan fingerprint density at radius 2 is 2.33 bits per heavy atom. The van der Waals surface area contributed by atoms with E-state index < -0.39 is 5.91 Å². The van der Waals surface area contributed by atoms with Gasteiger partial charge in [-0.25, -0.2) is 4.98 Å². The van der Waals surface area contributed by atoms with E-state index in [1.54, 1.807) is 18.4 Å². The van der Waals surface area contributed by atoms with Gasteiger partial charge in [-0.05, 0) is 13.0 Å². The quantitative estimate of drug-likeness (QED) is 0.871. The molecule has 0 fully saturated rings. The summed E-state index contributed by atoms with van der Waals surface area (Å²) in [5.41, 5.74) is 6.07. The predicted octanol–water partition coefficient (Wildman–Crippen LogP) is 1.32. The molecule has 0 aliphatic carbocycles. The molecule has 0 bridgehead atoms. The fourth-order valence-electron chi connectivity index (χ4n) is 1.41. The zero-order valence-electron chi connectivity index (χ0n) is 9.60. The summed E-state index contributed by atoms with van der Waals surface area (Å²) in [6, 6.07) is 1.59. The molecule has 2 aromatic heterocycles. The lowest BCUT2D eigenvalue weighted by Gasteiger charge is -1.99. The number of hydrogen-bond acceptors (Lipinski definition) is 5. The van der Waals surface area contributed by atoms with Crippen molar-refractivity contribution in [3.8, 4) is 0 Å². The van der Waals surface area contributed by atoms with Gasteiger partial charge in [-0.1, -0.05) is 0 Å². The highest BCUT2D eigenvalue weighted by Crippen LogP contribution is 2.18. The van der Waals surface area contributed by atoms with Crippen LogP contribution in [0, 0.1) is 6.92 Å². The van der Waals surface area contributed by atoms with Gasteiger partial charge in [-0.3, -0.25) is 14.9 Å². The van der Waals surface area contributed by atoms with Gasteiger partial charge >= 0.3 is 0 Å². The number of aromatic nitrogens is 1. The second kappa shape index (κ2) is 5.01. The van der Waals surface area contributed by atoms with E-state index in [0.717, 1.165) is 0 Å². The topological polar surface area (TPSA) is 98.2 Å². The lowest BCUT2D eigenvalue weighted by Crippen LogP contribution is -2.14. The molecule has 6 nitrogen and oxygen atoms in total. The first kappa shape index (κ1) is 12.3. The van der Waals surface area contributed by atoms with Crippen molar-refractivity contribution in [3.63, 3.8) is 0 Å². The number of nitrogens with two attached hydrogens (primary N) is 1. The highest BCUT2D eigenvalue weighted by molar-refractivity contribution is 7.14. The van der Waals surface area contributed by atoms with Crippen molar-refractivity contribution in [1.29, 1.82) is 0 Å². The van der Waals surface area contributed by atoms with Crippen LogP contribution in [-0.4, -0.2) is 16.8 Å². The van der Waals surface area contributed by atoms with Gasteiger partial charge in [0.15, 0.2) is 5.13 Å². The Hall–Kier alpha value is -2.15. The van der Waals surface area contributed by atoms with E-state index in [2.05, 4.69) is 10.3 Å². The molecule has 0 radical (unpaired) electrons. The molecule has 94 valence electrons. The number of aryl methyl sites for hydroxylation is 1. The Balaban J connectivity index is 2.06. The van der Waals surface area contributed by atoms with Gasteiger partial charge in [0.05, 0.1) is 23.9 Å². The number of hydrogen-bond donors (Lipinski definition) is 2. The summed E-state index contributed by atoms with van der Waals surface area (Å²) in [7, 11) is 0. The van der Waals surface area contributed by atoms with Gasteiger partial charge in [-0.2, -0.15) is 0 Å². The fraction of sp³-hybridized carbons (Fsp3) is 0.182. The first-order valence-electron chi connectivity index (χ1n) is 5.14. The molecular formula is C11H11N3O3S. The number of carbonyl (C=O) groups excluding carboxylic acids is 2. The molecule has 0 aliphatic rings. The SMILES string of the molecule is Cc1occc1C(=O)Nc1nc(CC(N)=O)cs1. The first-order chi connectivity index (χ1) is 8.56. The zero-order chi connectivity index (χ0) is 13.1. The molecule has 0 saturated heterocycles. The molecule has 0 unspecified atom stereocenters. The van der Waals surface area contributed by atoms with Crippen LogP contribution in [0.4, 0.5) is 5.13 Å². The molecule has 0 atom stereocenters. The largest absolute Gasteiger partial charge is 0.469 e. The van der Waals surface area contributed by atoms with Crippen molar-refractivity contribution in [2.45, 2.75) is 13.3 Å². The minimum atomic E-state index is -0.455. The number of amides is 2. The van der Waals surface area contributed by atoms with Gasteiger partial charge in [0, 0.05) is 5.38 Å². The molecule has 2 heterocycles. The van der Waals surface area contributed by atoms with Gasteiger partial charge in [0.2, 0.25) is 5.91 Å². The average Bonchev–Trinajstić information content (AvgIpc) is 2.87. The Bertz CT molecular complexity index is 588. The number of thiazole rings is 1. The monoisotopic (exact) mass is 265 g/mol. The lowest BCUT2D eigenvalue weighted by molar-refractivity contribution is -0.117. The molecule has 3 N–H and O–H groups in total. The maximum atomic E-state index is 11.8. The third-order valence-corrected chi connectivity index (χ3v) is 3.04. The molecule has 2 amide bonds. The molecule has 0 saturated carbocycles. The number of nitrogens with one attached hydrogen (secondary N) is 1. The van der Waals surface area contributed by atoms with Crippen LogP contribution >= 0.6 is 11.3 Å². The molecule has 18 heavy (non-hydrogen) atoms. The number of primary amides is 1. The highest BCUT2D eigenvalue weighted by atomic mass is 32.1. The molecule has 0 spiro atoms. The number of carbonyl (C=O) groups is 2. The molecular weight excluding hydrogens is 254 g/mol. The average molecular weight is 265 g/mol. The maximum Gasteiger partial charge on any atom is 0.260 e. The summed E-state index contributed by atoms with van der Waals surface area (Å²) >= 11 is 1.24. The van der Waals surface area contributed by atoms with Crippen LogP contribution in [0.25, 0.3) is 0 Å². The van der Waals surface area contributed by atoms with E-state index in [1.165, 1.54) is 17.6 Å². The molecule has 0 aliphatic heterocycles. The number of nitrogens with zero attached hydrogens (tertiary/aromatic N) is 1. The highest BCUT2D eigenvalue weighted by Gasteiger charge is 2.13. The summed E-state index contributed by atoms with van der Waals surface area (Å²) in [6.07, 6.45) is 1.52. The molecule has 2 rings (SSSR count). The summed E-state index contributed by atoms with van der Waals surface area (Å²) in [4.78, 5) is 26.6. The maximum absolute atomic E-state index is 11.8. The van der Waals surface area contributed by atoms with Gasteiger partial charge in [-0.15, -0.1) is 11.3 Å². The lowest BCUT2D eigenvalue weighted by atomic mass is 10.2. The third-order valence-electron chi connectivity index (χ3n) is 2.23. The van der Waals surface area contributed by atoms with Crippen LogP contribution in [0.1, 0.15) is 21.8 Å². The van der Waals surface area contributed by atoms with E-state index in [4.69, 9.17) is 10.2 Å². The van der Waals surface area contributed by atoms with E-state index in [-0.39, 0.29) is 12.3 Å². The Morgan fingerprint density at radius 1 is 1.56 bits per heavy atom. The predicted molar refractivity (Wildman–Crippen MR) is 66.4 cm³/mol. The van der Waals surface area contributed by atoms with E-state index in [0.29, 0.717) is 22.1 Å². The second-order valence-electron chi connectivity index (χ2n) is 3.63. The van der Waals surface area contributed by atoms with E-state index >= 15 is 0 Å². The number of anilines is 1. The number of rotatable bonds is 4. The van der Waals surface area contributed by atoms with Crippen molar-refractivity contribution in [3.05, 3.63) is 34.7 Å². The van der Waals surface area contributed by atoms with Crippen LogP contribution in [0.5, 0.6) is 0 Å². The number of furan rings is 1. The summed E-state index contributed by atoms with van der Waals surface area (Å²) in [6.45, 7) is 1.70. The van der Waals surface area contributed by atoms with Crippen LogP contribution in [0.3, 0.4) is 0 Å². The summed E-state index contributed by atoms with van der Waals surface area (Å²) in [5.74, 6) is -0.202. The van der Waals surface area contributed by atoms with Crippen molar-refractivity contribution in [1.82, 2.24) is 4.98 Å². The van der Waals surface area contributed by atoms with Crippen molar-refractivity contribution in [2.24, 2.45) is 5.73 Å². The van der Waals surface area contributed by atoms with Crippen LogP contribution in [-0.2, 0) is 11.2 Å². The normalized spacial score (nSPS) is 10.3. The van der Waals surface area contributed by atoms with Crippen LogP contribution in [0.2, 0.25) is 0 Å². The Morgan fingerprint density at radius 3 is 2.94 bits per heavy atom. The molecule has 7 heteroatoms. The smallest absolute Gasteiger partial charge is 0.260 e. The van der Waals surface area contributed by atoms with Crippen molar-refractivity contribution < 1.29 is 14.0 Å². The molecule has 0 aromatic carbocycles. The second-order valence-corrected chi connectivity index (χ2v) is 4.49. The first-order valence-corrected chi connectivity index (χ1v) is 6.02. The zero-order valence-corrected chi connectivity index (χ0v) is 10.4. The fourth-order valence-corrected chi connectivity index (χ4v) is 2.11. The standard InChI is InChI=1S/C11H11N3O3S/c1-6-8(2-3-17-6)10(16)14-11-13-7(5-18-11)4-9(12)15/h2-3,5H,4H2,1H3,(H2,12,15)(H,13,14,16). The van der Waals surface area contributed by atoms with Crippen molar-refractivity contribution in [2.75, 3.05) is 5.32 Å². The van der Waals surface area contributed by atoms with Gasteiger partial charge in [0.25, 0.3) is 5.91 Å². The van der Waals surface area contributed by atoms with E-state index in [1.807, 2.05) is 0 Å². The Labute approximate surface area is 107 Å². The van der Waals surface area contributed by atoms with Gasteiger partial charge < -0.3 is 10.2 Å². The minimum absolute atomic E-state index is 0.0666. The van der Waals surface area contributed by atoms with Crippen molar-refractivity contribution >= 4 is 28.3 Å². The van der Waals surface area contributed by atoms with Crippen LogP contribution < -0.4 is 11.1 Å². The Kier molecular flexibility index (Phi) is 3.42. The third kappa shape index (κ3) is 2.75.